The van der Waals surface area contributed by atoms with Gasteiger partial charge in [0.15, 0.2) is 0 Å². The fourth-order valence-corrected chi connectivity index (χ4v) is 3.41. The van der Waals surface area contributed by atoms with Gasteiger partial charge in [-0.25, -0.2) is 0 Å². The number of aliphatic carboxylic acids is 1. The van der Waals surface area contributed by atoms with E-state index in [9.17, 15) is 9.59 Å². The summed E-state index contributed by atoms with van der Waals surface area (Å²) in [4.78, 5) is 24.7. The summed E-state index contributed by atoms with van der Waals surface area (Å²) < 4.78 is 4.88. The summed E-state index contributed by atoms with van der Waals surface area (Å²) in [5.41, 5.74) is 0. The second kappa shape index (κ2) is 7.75. The third-order valence-electron chi connectivity index (χ3n) is 4.61. The van der Waals surface area contributed by atoms with Gasteiger partial charge in [0.2, 0.25) is 5.91 Å². The fourth-order valence-electron chi connectivity index (χ4n) is 3.41. The lowest BCUT2D eigenvalue weighted by atomic mass is 9.85. The first-order valence-electron chi connectivity index (χ1n) is 7.85. The first kappa shape index (κ1) is 16.2. The molecular weight excluding hydrogens is 272 g/mol. The van der Waals surface area contributed by atoms with E-state index in [1.165, 1.54) is 7.11 Å². The molecule has 0 spiro atoms. The summed E-state index contributed by atoms with van der Waals surface area (Å²) in [5.74, 6) is -0.805. The van der Waals surface area contributed by atoms with Crippen LogP contribution >= 0.6 is 0 Å². The normalized spacial score (nSPS) is 27.6. The van der Waals surface area contributed by atoms with Gasteiger partial charge in [0.1, 0.15) is 6.61 Å². The van der Waals surface area contributed by atoms with E-state index in [0.717, 1.165) is 51.6 Å². The van der Waals surface area contributed by atoms with Crippen molar-refractivity contribution < 1.29 is 19.4 Å². The molecule has 21 heavy (non-hydrogen) atoms. The molecule has 0 bridgehead atoms. The Bertz CT molecular complexity index is 367. The number of ether oxygens (including phenoxy) is 1. The van der Waals surface area contributed by atoms with Crippen LogP contribution in [0.25, 0.3) is 0 Å². The van der Waals surface area contributed by atoms with Crippen LogP contribution in [-0.2, 0) is 14.3 Å². The molecule has 120 valence electrons. The second-order valence-corrected chi connectivity index (χ2v) is 6.15. The summed E-state index contributed by atoms with van der Waals surface area (Å²) in [7, 11) is 1.54. The van der Waals surface area contributed by atoms with Gasteiger partial charge in [-0.2, -0.15) is 0 Å². The fraction of sp³-hybridized carbons (Fsp3) is 0.867. The average molecular weight is 298 g/mol. The molecule has 2 rings (SSSR count). The topological polar surface area (TPSA) is 78.9 Å². The Kier molecular flexibility index (Phi) is 5.99. The van der Waals surface area contributed by atoms with Crippen molar-refractivity contribution in [1.82, 2.24) is 10.2 Å². The van der Waals surface area contributed by atoms with E-state index in [0.29, 0.717) is 12.1 Å². The third-order valence-corrected chi connectivity index (χ3v) is 4.61. The second-order valence-electron chi connectivity index (χ2n) is 6.15. The highest BCUT2D eigenvalue weighted by Crippen LogP contribution is 2.25. The van der Waals surface area contributed by atoms with Crippen molar-refractivity contribution in [2.45, 2.75) is 50.6 Å². The highest BCUT2D eigenvalue weighted by Gasteiger charge is 2.29. The Hall–Kier alpha value is -1.14. The van der Waals surface area contributed by atoms with Crippen LogP contribution in [-0.4, -0.2) is 60.8 Å². The predicted molar refractivity (Wildman–Crippen MR) is 78.0 cm³/mol. The number of hydrogen-bond donors (Lipinski definition) is 2. The lowest BCUT2D eigenvalue weighted by Crippen LogP contribution is -2.49. The quantitative estimate of drug-likeness (QED) is 0.787. The summed E-state index contributed by atoms with van der Waals surface area (Å²) in [6, 6.07) is 0.709. The molecule has 0 radical (unpaired) electrons. The van der Waals surface area contributed by atoms with Crippen LogP contribution < -0.4 is 5.32 Å². The molecule has 1 aliphatic carbocycles. The Morgan fingerprint density at radius 3 is 2.52 bits per heavy atom. The van der Waals surface area contributed by atoms with Crippen LogP contribution in [0.3, 0.4) is 0 Å². The molecule has 1 heterocycles. The molecule has 2 fully saturated rings. The Balaban J connectivity index is 1.73. The summed E-state index contributed by atoms with van der Waals surface area (Å²) >= 11 is 0. The van der Waals surface area contributed by atoms with Crippen molar-refractivity contribution in [2.24, 2.45) is 5.92 Å². The molecule has 6 nitrogen and oxygen atoms in total. The molecule has 0 aromatic carbocycles. The molecule has 6 heteroatoms. The van der Waals surface area contributed by atoms with Gasteiger partial charge in [0, 0.05) is 32.3 Å². The van der Waals surface area contributed by atoms with E-state index in [-0.39, 0.29) is 18.4 Å². The molecule has 1 amide bonds. The van der Waals surface area contributed by atoms with Gasteiger partial charge in [-0.3, -0.25) is 9.59 Å². The van der Waals surface area contributed by atoms with Gasteiger partial charge < -0.3 is 20.1 Å². The first-order chi connectivity index (χ1) is 10.1. The van der Waals surface area contributed by atoms with Gasteiger partial charge in [0.25, 0.3) is 0 Å². The SMILES string of the molecule is COCC(=O)N1CCC(NC2CCCC(C(=O)O)C2)CC1. The van der Waals surface area contributed by atoms with E-state index < -0.39 is 5.97 Å². The molecule has 2 atom stereocenters. The van der Waals surface area contributed by atoms with Crippen LogP contribution in [0, 0.1) is 5.92 Å². The van der Waals surface area contributed by atoms with Crippen LogP contribution in [0.4, 0.5) is 0 Å². The third kappa shape index (κ3) is 4.68. The molecule has 0 aromatic heterocycles. The Labute approximate surface area is 125 Å². The number of carboxylic acid groups (broad SMARTS) is 1. The molecule has 2 unspecified atom stereocenters. The van der Waals surface area contributed by atoms with Crippen molar-refractivity contribution in [2.75, 3.05) is 26.8 Å². The van der Waals surface area contributed by atoms with E-state index in [1.807, 2.05) is 4.90 Å². The van der Waals surface area contributed by atoms with Crippen molar-refractivity contribution >= 4 is 11.9 Å². The van der Waals surface area contributed by atoms with E-state index >= 15 is 0 Å². The summed E-state index contributed by atoms with van der Waals surface area (Å²) in [6.07, 6.45) is 5.45. The molecule has 1 saturated heterocycles. The number of rotatable bonds is 5. The smallest absolute Gasteiger partial charge is 0.306 e. The number of carboxylic acids is 1. The highest BCUT2D eigenvalue weighted by atomic mass is 16.5. The largest absolute Gasteiger partial charge is 0.481 e. The van der Waals surface area contributed by atoms with Gasteiger partial charge in [-0.1, -0.05) is 6.42 Å². The zero-order valence-electron chi connectivity index (χ0n) is 12.7. The Morgan fingerprint density at radius 2 is 1.90 bits per heavy atom. The molecule has 0 aromatic rings. The maximum atomic E-state index is 11.7. The van der Waals surface area contributed by atoms with E-state index in [2.05, 4.69) is 5.32 Å². The number of piperidine rings is 1. The maximum Gasteiger partial charge on any atom is 0.306 e. The zero-order valence-corrected chi connectivity index (χ0v) is 12.7. The zero-order chi connectivity index (χ0) is 15.2. The number of carbonyl (C=O) groups is 2. The van der Waals surface area contributed by atoms with Crippen LogP contribution in [0.15, 0.2) is 0 Å². The lowest BCUT2D eigenvalue weighted by molar-refractivity contribution is -0.143. The van der Waals surface area contributed by atoms with Crippen LogP contribution in [0.5, 0.6) is 0 Å². The van der Waals surface area contributed by atoms with Crippen LogP contribution in [0.1, 0.15) is 38.5 Å². The van der Waals surface area contributed by atoms with E-state index in [1.54, 1.807) is 0 Å². The predicted octanol–water partition coefficient (Wildman–Crippen LogP) is 0.857. The van der Waals surface area contributed by atoms with Gasteiger partial charge >= 0.3 is 5.97 Å². The number of carbonyl (C=O) groups excluding carboxylic acids is 1. The molecule has 1 aliphatic heterocycles. The Morgan fingerprint density at radius 1 is 1.19 bits per heavy atom. The number of nitrogens with one attached hydrogen (secondary N) is 1. The number of likely N-dealkylation sites (tertiary alicyclic amines) is 1. The molecule has 2 N–H and O–H groups in total. The molecule has 2 aliphatic rings. The first-order valence-corrected chi connectivity index (χ1v) is 7.85. The van der Waals surface area contributed by atoms with E-state index in [4.69, 9.17) is 9.84 Å². The van der Waals surface area contributed by atoms with Crippen molar-refractivity contribution in [3.05, 3.63) is 0 Å². The molecular formula is C15H26N2O4. The molecule has 1 saturated carbocycles. The van der Waals surface area contributed by atoms with Gasteiger partial charge in [-0.05, 0) is 32.1 Å². The number of nitrogens with zero attached hydrogens (tertiary/aromatic N) is 1. The number of hydrogen-bond acceptors (Lipinski definition) is 4. The maximum absolute atomic E-state index is 11.7. The van der Waals surface area contributed by atoms with Gasteiger partial charge in [-0.15, -0.1) is 0 Å². The average Bonchev–Trinajstić information content (AvgIpc) is 2.48. The lowest BCUT2D eigenvalue weighted by Gasteiger charge is -2.36. The van der Waals surface area contributed by atoms with Crippen molar-refractivity contribution in [3.63, 3.8) is 0 Å². The van der Waals surface area contributed by atoms with Crippen molar-refractivity contribution in [1.29, 1.82) is 0 Å². The minimum atomic E-state index is -0.665. The van der Waals surface area contributed by atoms with Gasteiger partial charge in [0.05, 0.1) is 5.92 Å². The highest BCUT2D eigenvalue weighted by molar-refractivity contribution is 5.77. The minimum Gasteiger partial charge on any atom is -0.481 e. The summed E-state index contributed by atoms with van der Waals surface area (Å²) in [6.45, 7) is 1.67. The minimum absolute atomic E-state index is 0.0551. The monoisotopic (exact) mass is 298 g/mol. The number of methoxy groups -OCH3 is 1. The van der Waals surface area contributed by atoms with Crippen LogP contribution in [0.2, 0.25) is 0 Å². The summed E-state index contributed by atoms with van der Waals surface area (Å²) in [5, 5.41) is 12.7. The number of amides is 1. The van der Waals surface area contributed by atoms with Crippen molar-refractivity contribution in [3.8, 4) is 0 Å². The standard InChI is InChI=1S/C15H26N2O4/c1-21-10-14(18)17-7-5-12(6-8-17)16-13-4-2-3-11(9-13)15(19)20/h11-13,16H,2-10H2,1H3,(H,19,20).